The van der Waals surface area contributed by atoms with Crippen molar-refractivity contribution in [1.29, 1.82) is 0 Å². The summed E-state index contributed by atoms with van der Waals surface area (Å²) in [5.74, 6) is -0.303. The first-order valence-electron chi connectivity index (χ1n) is 10.8. The molecule has 0 radical (unpaired) electrons. The van der Waals surface area contributed by atoms with E-state index in [1.54, 1.807) is 24.3 Å². The lowest BCUT2D eigenvalue weighted by molar-refractivity contribution is -0.155. The smallest absolute Gasteiger partial charge is 0.338 e. The van der Waals surface area contributed by atoms with Crippen LogP contribution in [0.1, 0.15) is 36.5 Å². The highest BCUT2D eigenvalue weighted by atomic mass is 16.6. The largest absolute Gasteiger partial charge is 0.458 e. The molecule has 0 N–H and O–H groups in total. The number of epoxide rings is 1. The summed E-state index contributed by atoms with van der Waals surface area (Å²) in [6, 6.07) is 8.83. The predicted octanol–water partition coefficient (Wildman–Crippen LogP) is 2.71. The van der Waals surface area contributed by atoms with Crippen molar-refractivity contribution in [3.63, 3.8) is 0 Å². The van der Waals surface area contributed by atoms with E-state index in [0.717, 1.165) is 12.8 Å². The van der Waals surface area contributed by atoms with Crippen molar-refractivity contribution >= 4 is 17.7 Å². The minimum absolute atomic E-state index is 0.147. The van der Waals surface area contributed by atoms with E-state index in [1.807, 2.05) is 18.2 Å². The van der Waals surface area contributed by atoms with E-state index in [1.165, 1.54) is 6.92 Å². The first-order chi connectivity index (χ1) is 14.5. The minimum Gasteiger partial charge on any atom is -0.458 e. The summed E-state index contributed by atoms with van der Waals surface area (Å²) in [5, 5.41) is 0. The molecule has 1 aromatic rings. The van der Waals surface area contributed by atoms with Gasteiger partial charge in [-0.05, 0) is 49.3 Å². The standard InChI is InChI=1S/C24H24O6/c1-12(25)28-16-8-10-24-9-7-14-11-15(14)17(22(24)26)19-21(29-19)20(18(16)24)30-23(27)13-5-3-2-4-6-13/h2-6,8,10,14-21H,7,9,11H2,1H3/t14-,15+,16-,17-,18?,19+,20-,21+,24?/m0/s1. The number of Topliss-reactive ketones (excluding diaryl/α,β-unsaturated/α-hetero) is 1. The fraction of sp³-hybridized carbons (Fsp3) is 0.542. The van der Waals surface area contributed by atoms with Crippen LogP contribution in [0.15, 0.2) is 42.5 Å². The summed E-state index contributed by atoms with van der Waals surface area (Å²) < 4.78 is 17.6. The number of fused-ring (bicyclic) bond motifs is 5. The number of allylic oxidation sites excluding steroid dienone is 1. The molecule has 1 aliphatic heterocycles. The Kier molecular flexibility index (Phi) is 3.82. The van der Waals surface area contributed by atoms with E-state index in [9.17, 15) is 14.4 Å². The van der Waals surface area contributed by atoms with E-state index in [0.29, 0.717) is 23.8 Å². The topological polar surface area (TPSA) is 82.2 Å². The summed E-state index contributed by atoms with van der Waals surface area (Å²) in [6.45, 7) is 1.36. The number of esters is 2. The summed E-state index contributed by atoms with van der Waals surface area (Å²) in [5.41, 5.74) is -0.298. The second-order valence-electron chi connectivity index (χ2n) is 9.39. The third-order valence-corrected chi connectivity index (χ3v) is 7.81. The Morgan fingerprint density at radius 3 is 2.70 bits per heavy atom. The van der Waals surface area contributed by atoms with Crippen molar-refractivity contribution in [2.24, 2.45) is 29.1 Å². The van der Waals surface area contributed by atoms with Crippen molar-refractivity contribution in [3.8, 4) is 0 Å². The summed E-state index contributed by atoms with van der Waals surface area (Å²) >= 11 is 0. The molecule has 2 bridgehead atoms. The Bertz CT molecular complexity index is 954. The first-order valence-corrected chi connectivity index (χ1v) is 10.8. The maximum absolute atomic E-state index is 13.8. The highest BCUT2D eigenvalue weighted by Gasteiger charge is 2.72. The van der Waals surface area contributed by atoms with Gasteiger partial charge >= 0.3 is 11.9 Å². The zero-order chi connectivity index (χ0) is 20.6. The van der Waals surface area contributed by atoms with Crippen LogP contribution in [0, 0.1) is 29.1 Å². The molecule has 1 aromatic carbocycles. The van der Waals surface area contributed by atoms with Crippen LogP contribution in [-0.4, -0.2) is 42.1 Å². The van der Waals surface area contributed by atoms with Crippen molar-refractivity contribution in [3.05, 3.63) is 48.0 Å². The predicted molar refractivity (Wildman–Crippen MR) is 104 cm³/mol. The van der Waals surface area contributed by atoms with Gasteiger partial charge in [-0.2, -0.15) is 0 Å². The molecule has 3 saturated carbocycles. The van der Waals surface area contributed by atoms with Crippen LogP contribution in [0.2, 0.25) is 0 Å². The third-order valence-electron chi connectivity index (χ3n) is 7.81. The number of carbonyl (C=O) groups excluding carboxylic acids is 3. The van der Waals surface area contributed by atoms with Gasteiger partial charge in [-0.25, -0.2) is 4.79 Å². The van der Waals surface area contributed by atoms with Crippen molar-refractivity contribution in [1.82, 2.24) is 0 Å². The molecule has 9 atom stereocenters. The molecule has 0 amide bonds. The van der Waals surface area contributed by atoms with Gasteiger partial charge in [-0.15, -0.1) is 0 Å². The highest BCUT2D eigenvalue weighted by Crippen LogP contribution is 2.65. The number of benzene rings is 1. The Hall–Kier alpha value is -2.47. The normalized spacial score (nSPS) is 44.6. The maximum atomic E-state index is 13.8. The van der Waals surface area contributed by atoms with E-state index in [2.05, 4.69) is 0 Å². The molecule has 2 unspecified atom stereocenters. The van der Waals surface area contributed by atoms with Crippen LogP contribution in [0.5, 0.6) is 0 Å². The lowest BCUT2D eigenvalue weighted by atomic mass is 9.67. The molecule has 0 aromatic heterocycles. The highest BCUT2D eigenvalue weighted by molar-refractivity contribution is 5.93. The fourth-order valence-electron chi connectivity index (χ4n) is 6.36. The molecule has 4 aliphatic carbocycles. The quantitative estimate of drug-likeness (QED) is 0.435. The number of hydrogen-bond acceptors (Lipinski definition) is 6. The van der Waals surface area contributed by atoms with Gasteiger partial charge in [0.15, 0.2) is 0 Å². The average molecular weight is 408 g/mol. The molecule has 5 aliphatic rings. The second kappa shape index (κ2) is 6.27. The molecule has 30 heavy (non-hydrogen) atoms. The molecule has 6 heteroatoms. The maximum Gasteiger partial charge on any atom is 0.338 e. The van der Waals surface area contributed by atoms with Crippen LogP contribution >= 0.6 is 0 Å². The third kappa shape index (κ3) is 2.56. The van der Waals surface area contributed by atoms with Crippen molar-refractivity contribution < 1.29 is 28.6 Å². The molecule has 1 heterocycles. The molecule has 156 valence electrons. The van der Waals surface area contributed by atoms with Gasteiger partial charge in [-0.1, -0.05) is 24.3 Å². The zero-order valence-electron chi connectivity index (χ0n) is 16.7. The van der Waals surface area contributed by atoms with Crippen LogP contribution < -0.4 is 0 Å². The van der Waals surface area contributed by atoms with Gasteiger partial charge < -0.3 is 14.2 Å². The van der Waals surface area contributed by atoms with Gasteiger partial charge in [-0.3, -0.25) is 9.59 Å². The SMILES string of the molecule is CC(=O)O[C@H]1C=CC23CC[C@H]4C[C@H]4[C@H](C2=O)[C@H]2O[C@H]2[C@@H](OC(=O)c2ccccc2)C13. The Balaban J connectivity index is 1.40. The number of hydrogen-bond donors (Lipinski definition) is 0. The summed E-state index contributed by atoms with van der Waals surface area (Å²) in [4.78, 5) is 38.6. The van der Waals surface area contributed by atoms with Crippen LogP contribution in [0.4, 0.5) is 0 Å². The molecule has 6 nitrogen and oxygen atoms in total. The number of rotatable bonds is 3. The lowest BCUT2D eigenvalue weighted by Crippen LogP contribution is -2.49. The Labute approximate surface area is 174 Å². The number of ketones is 1. The minimum atomic E-state index is -0.753. The first kappa shape index (κ1) is 18.3. The van der Waals surface area contributed by atoms with Gasteiger partial charge in [0.1, 0.15) is 24.1 Å². The fourth-order valence-corrected chi connectivity index (χ4v) is 6.36. The van der Waals surface area contributed by atoms with Crippen molar-refractivity contribution in [2.75, 3.05) is 0 Å². The molecule has 1 saturated heterocycles. The summed E-state index contributed by atoms with van der Waals surface area (Å²) in [7, 11) is 0. The van der Waals surface area contributed by atoms with Gasteiger partial charge in [0.05, 0.1) is 28.9 Å². The van der Waals surface area contributed by atoms with Gasteiger partial charge in [0, 0.05) is 6.92 Å². The lowest BCUT2D eigenvalue weighted by Gasteiger charge is -2.39. The molecular weight excluding hydrogens is 384 g/mol. The summed E-state index contributed by atoms with van der Waals surface area (Å²) in [6.07, 6.45) is 4.77. The average Bonchev–Trinajstić information content (AvgIpc) is 3.63. The molecule has 6 rings (SSSR count). The Morgan fingerprint density at radius 2 is 1.93 bits per heavy atom. The van der Waals surface area contributed by atoms with Gasteiger partial charge in [0.25, 0.3) is 0 Å². The molecular formula is C24H24O6. The van der Waals surface area contributed by atoms with E-state index in [4.69, 9.17) is 14.2 Å². The number of carbonyl (C=O) groups is 3. The van der Waals surface area contributed by atoms with E-state index < -0.39 is 35.5 Å². The van der Waals surface area contributed by atoms with Crippen LogP contribution in [0.25, 0.3) is 0 Å². The monoisotopic (exact) mass is 408 g/mol. The number of ether oxygens (including phenoxy) is 3. The van der Waals surface area contributed by atoms with E-state index >= 15 is 0 Å². The van der Waals surface area contributed by atoms with Gasteiger partial charge in [0.2, 0.25) is 0 Å². The second-order valence-corrected chi connectivity index (χ2v) is 9.39. The Morgan fingerprint density at radius 1 is 1.13 bits per heavy atom. The molecule has 4 fully saturated rings. The zero-order valence-corrected chi connectivity index (χ0v) is 16.7. The van der Waals surface area contributed by atoms with Crippen LogP contribution in [-0.2, 0) is 23.8 Å². The molecule has 1 spiro atoms. The van der Waals surface area contributed by atoms with Crippen LogP contribution in [0.3, 0.4) is 0 Å². The van der Waals surface area contributed by atoms with Crippen molar-refractivity contribution in [2.45, 2.75) is 50.6 Å². The van der Waals surface area contributed by atoms with E-state index in [-0.39, 0.29) is 23.9 Å².